The first-order valence-corrected chi connectivity index (χ1v) is 7.40. The molecule has 1 aromatic carbocycles. The Bertz CT molecular complexity index is 744. The topological polar surface area (TPSA) is 54.5 Å². The van der Waals surface area contributed by atoms with E-state index in [1.165, 1.54) is 18.3 Å². The first-order chi connectivity index (χ1) is 11.7. The summed E-state index contributed by atoms with van der Waals surface area (Å²) in [6, 6.07) is 8.17. The van der Waals surface area contributed by atoms with Crippen molar-refractivity contribution in [1.82, 2.24) is 4.98 Å². The van der Waals surface area contributed by atoms with Crippen LogP contribution in [-0.2, 0) is 0 Å². The van der Waals surface area contributed by atoms with E-state index < -0.39 is 18.7 Å². The molecule has 0 fully saturated rings. The fourth-order valence-corrected chi connectivity index (χ4v) is 2.02. The Morgan fingerprint density at radius 3 is 2.48 bits per heavy atom. The molecular weight excluding hydrogens is 335 g/mol. The third kappa shape index (κ3) is 5.37. The summed E-state index contributed by atoms with van der Waals surface area (Å²) in [5.74, 6) is -0.601. The molecule has 0 aliphatic heterocycles. The van der Waals surface area contributed by atoms with Crippen LogP contribution in [-0.4, -0.2) is 37.8 Å². The van der Waals surface area contributed by atoms with E-state index in [-0.39, 0.29) is 11.4 Å². The van der Waals surface area contributed by atoms with Crippen LogP contribution in [0.3, 0.4) is 0 Å². The number of halogens is 3. The van der Waals surface area contributed by atoms with Crippen LogP contribution in [0.25, 0.3) is 0 Å². The molecule has 1 N–H and O–H groups in total. The number of hydrogen-bond donors (Lipinski definition) is 1. The minimum atomic E-state index is -4.44. The van der Waals surface area contributed by atoms with E-state index in [4.69, 9.17) is 0 Å². The molecule has 1 aromatic heterocycles. The molecule has 25 heavy (non-hydrogen) atoms. The molecule has 134 valence electrons. The molecule has 2 aromatic rings. The van der Waals surface area contributed by atoms with E-state index in [1.54, 1.807) is 6.07 Å². The minimum Gasteiger partial charge on any atom is -0.468 e. The van der Waals surface area contributed by atoms with Gasteiger partial charge in [0.15, 0.2) is 6.61 Å². The molecule has 0 atom stereocenters. The number of anilines is 2. The van der Waals surface area contributed by atoms with Crippen molar-refractivity contribution < 1.29 is 22.7 Å². The number of aryl methyl sites for hydroxylation is 1. The van der Waals surface area contributed by atoms with Crippen LogP contribution in [0.4, 0.5) is 24.5 Å². The highest BCUT2D eigenvalue weighted by Gasteiger charge is 2.28. The monoisotopic (exact) mass is 353 g/mol. The number of carbonyl (C=O) groups is 1. The van der Waals surface area contributed by atoms with Crippen molar-refractivity contribution >= 4 is 17.3 Å². The van der Waals surface area contributed by atoms with Gasteiger partial charge in [-0.15, -0.1) is 0 Å². The van der Waals surface area contributed by atoms with Gasteiger partial charge >= 0.3 is 6.18 Å². The van der Waals surface area contributed by atoms with Crippen molar-refractivity contribution in [3.63, 3.8) is 0 Å². The number of nitrogens with zero attached hydrogens (tertiary/aromatic N) is 2. The van der Waals surface area contributed by atoms with Crippen LogP contribution < -0.4 is 15.0 Å². The Balaban J connectivity index is 2.03. The summed E-state index contributed by atoms with van der Waals surface area (Å²) in [7, 11) is 3.84. The van der Waals surface area contributed by atoms with Crippen molar-refractivity contribution in [2.75, 3.05) is 30.9 Å². The van der Waals surface area contributed by atoms with Gasteiger partial charge in [0.05, 0.1) is 5.56 Å². The maximum atomic E-state index is 12.2. The summed E-state index contributed by atoms with van der Waals surface area (Å²) >= 11 is 0. The molecule has 0 spiro atoms. The minimum absolute atomic E-state index is 0.194. The number of aromatic nitrogens is 1. The molecular formula is C17H18F3N3O2. The first-order valence-electron chi connectivity index (χ1n) is 7.40. The fourth-order valence-electron chi connectivity index (χ4n) is 2.02. The summed E-state index contributed by atoms with van der Waals surface area (Å²) in [5.41, 5.74) is 2.75. The molecule has 5 nitrogen and oxygen atoms in total. The van der Waals surface area contributed by atoms with Gasteiger partial charge in [-0.3, -0.25) is 4.79 Å². The number of carbonyl (C=O) groups excluding carboxylic acids is 1. The highest BCUT2D eigenvalue weighted by molar-refractivity contribution is 6.04. The average Bonchev–Trinajstić information content (AvgIpc) is 2.54. The lowest BCUT2D eigenvalue weighted by Gasteiger charge is -2.15. The van der Waals surface area contributed by atoms with Gasteiger partial charge in [-0.25, -0.2) is 4.98 Å². The fraction of sp³-hybridized carbons (Fsp3) is 0.294. The van der Waals surface area contributed by atoms with Gasteiger partial charge in [0.25, 0.3) is 5.91 Å². The van der Waals surface area contributed by atoms with Crippen LogP contribution in [0.15, 0.2) is 36.5 Å². The number of alkyl halides is 3. The smallest absolute Gasteiger partial charge is 0.422 e. The summed E-state index contributed by atoms with van der Waals surface area (Å²) < 4.78 is 40.8. The Morgan fingerprint density at radius 1 is 1.24 bits per heavy atom. The number of rotatable bonds is 5. The van der Waals surface area contributed by atoms with E-state index in [1.807, 2.05) is 38.1 Å². The summed E-state index contributed by atoms with van der Waals surface area (Å²) in [5, 5.41) is 2.75. The third-order valence-corrected chi connectivity index (χ3v) is 3.36. The highest BCUT2D eigenvalue weighted by Crippen LogP contribution is 2.22. The molecule has 0 saturated heterocycles. The summed E-state index contributed by atoms with van der Waals surface area (Å²) in [6.45, 7) is 0.442. The second kappa shape index (κ2) is 7.42. The van der Waals surface area contributed by atoms with E-state index >= 15 is 0 Å². The highest BCUT2D eigenvalue weighted by atomic mass is 19.4. The average molecular weight is 353 g/mol. The third-order valence-electron chi connectivity index (χ3n) is 3.36. The van der Waals surface area contributed by atoms with Crippen molar-refractivity contribution in [2.24, 2.45) is 0 Å². The predicted molar refractivity (Wildman–Crippen MR) is 89.2 cm³/mol. The van der Waals surface area contributed by atoms with Crippen LogP contribution in [0.2, 0.25) is 0 Å². The number of ether oxygens (including phenoxy) is 1. The first kappa shape index (κ1) is 18.6. The maximum absolute atomic E-state index is 12.2. The van der Waals surface area contributed by atoms with Crippen molar-refractivity contribution in [3.8, 4) is 5.88 Å². The van der Waals surface area contributed by atoms with Gasteiger partial charge in [-0.1, -0.05) is 0 Å². The molecule has 2 rings (SSSR count). The second-order valence-electron chi connectivity index (χ2n) is 5.64. The molecule has 0 saturated carbocycles. The quantitative estimate of drug-likeness (QED) is 0.892. The van der Waals surface area contributed by atoms with Gasteiger partial charge < -0.3 is 15.0 Å². The van der Waals surface area contributed by atoms with Gasteiger partial charge in [0, 0.05) is 37.7 Å². The van der Waals surface area contributed by atoms with Crippen LogP contribution >= 0.6 is 0 Å². The van der Waals surface area contributed by atoms with Crippen LogP contribution in [0.1, 0.15) is 15.9 Å². The van der Waals surface area contributed by atoms with E-state index in [0.29, 0.717) is 5.69 Å². The zero-order valence-corrected chi connectivity index (χ0v) is 14.0. The van der Waals surface area contributed by atoms with Crippen molar-refractivity contribution in [2.45, 2.75) is 13.1 Å². The predicted octanol–water partition coefficient (Wildman–Crippen LogP) is 3.65. The molecule has 0 unspecified atom stereocenters. The Kier molecular flexibility index (Phi) is 5.51. The van der Waals surface area contributed by atoms with Crippen LogP contribution in [0, 0.1) is 6.92 Å². The summed E-state index contributed by atoms with van der Waals surface area (Å²) in [4.78, 5) is 17.9. The van der Waals surface area contributed by atoms with E-state index in [2.05, 4.69) is 15.0 Å². The Hall–Kier alpha value is -2.77. The van der Waals surface area contributed by atoms with Gasteiger partial charge in [0.2, 0.25) is 5.88 Å². The van der Waals surface area contributed by atoms with Crippen molar-refractivity contribution in [3.05, 3.63) is 47.7 Å². The number of nitrogens with one attached hydrogen (secondary N) is 1. The standard InChI is InChI=1S/C17H18F3N3O2/c1-11-8-13(23(2)3)5-6-14(11)22-16(24)12-4-7-15(21-9-12)25-10-17(18,19)20/h4-9H,10H2,1-3H3,(H,22,24). The van der Waals surface area contributed by atoms with E-state index in [0.717, 1.165) is 11.3 Å². The lowest BCUT2D eigenvalue weighted by atomic mass is 10.1. The zero-order valence-electron chi connectivity index (χ0n) is 14.0. The lowest BCUT2D eigenvalue weighted by molar-refractivity contribution is -0.154. The molecule has 0 aliphatic rings. The van der Waals surface area contributed by atoms with Crippen molar-refractivity contribution in [1.29, 1.82) is 0 Å². The number of hydrogen-bond acceptors (Lipinski definition) is 4. The van der Waals surface area contributed by atoms with Crippen LogP contribution in [0.5, 0.6) is 5.88 Å². The Morgan fingerprint density at radius 2 is 1.96 bits per heavy atom. The molecule has 0 aliphatic carbocycles. The molecule has 1 amide bonds. The summed E-state index contributed by atoms with van der Waals surface area (Å²) in [6.07, 6.45) is -3.27. The normalized spacial score (nSPS) is 11.1. The molecule has 8 heteroatoms. The van der Waals surface area contributed by atoms with Gasteiger partial charge in [-0.2, -0.15) is 13.2 Å². The number of benzene rings is 1. The largest absolute Gasteiger partial charge is 0.468 e. The number of amides is 1. The Labute approximate surface area is 143 Å². The second-order valence-corrected chi connectivity index (χ2v) is 5.64. The van der Waals surface area contributed by atoms with E-state index in [9.17, 15) is 18.0 Å². The molecule has 0 radical (unpaired) electrons. The maximum Gasteiger partial charge on any atom is 0.422 e. The number of pyridine rings is 1. The molecule has 1 heterocycles. The van der Waals surface area contributed by atoms with Gasteiger partial charge in [0.1, 0.15) is 0 Å². The molecule has 0 bridgehead atoms. The van der Waals surface area contributed by atoms with Gasteiger partial charge in [-0.05, 0) is 36.8 Å². The zero-order chi connectivity index (χ0) is 18.6. The SMILES string of the molecule is Cc1cc(N(C)C)ccc1NC(=O)c1ccc(OCC(F)(F)F)nc1. The lowest BCUT2D eigenvalue weighted by Crippen LogP contribution is -2.20.